The summed E-state index contributed by atoms with van der Waals surface area (Å²) in [6.07, 6.45) is -9.42. The molecule has 30 heteroatoms. The number of aromatic nitrogens is 4. The lowest BCUT2D eigenvalue weighted by molar-refractivity contribution is -0.0939. The van der Waals surface area contributed by atoms with Gasteiger partial charge in [-0.05, 0) is 118 Å². The minimum atomic E-state index is -5.35. The SMILES string of the molecule is COc1ccc(C(OC[C@H]2O[C@@H](n3ccc(=O)[nH]c3=O)[C@H](O[Si](C)(C)C(C)(C)C)[C@@H]2OP(=O)(O)SSP(=O)(O)O[C@H]2[C@@H](O[Si](C)(C)C(C)(C)C)[C@H](n3ccc(=O)[nH]c3=O)O[C@@H]2COC(c2ccccc2)(c2ccc(OC)cc2)c2ccc(OC)cc2)(c2ccccc2)c2ccc(OC)cc2)cc1. The average Bonchev–Trinajstić information content (AvgIpc) is 1.31. The maximum atomic E-state index is 15.4. The van der Waals surface area contributed by atoms with Crippen LogP contribution in [0.4, 0.5) is 0 Å². The van der Waals surface area contributed by atoms with Crippen molar-refractivity contribution in [3.63, 3.8) is 0 Å². The Morgan fingerprint density at radius 2 is 0.706 bits per heavy atom. The quantitative estimate of drug-likeness (QED) is 0.0147. The van der Waals surface area contributed by atoms with Crippen molar-refractivity contribution in [3.05, 3.63) is 257 Å². The Bertz CT molecular complexity index is 4120. The Labute approximate surface area is 601 Å². The largest absolute Gasteiger partial charge is 0.497 e. The monoisotopic (exact) mass is 1510 g/mol. The maximum Gasteiger partial charge on any atom is 0.398 e. The van der Waals surface area contributed by atoms with Crippen LogP contribution in [0.15, 0.2) is 201 Å². The smallest absolute Gasteiger partial charge is 0.398 e. The Morgan fingerprint density at radius 3 is 0.961 bits per heavy atom. The van der Waals surface area contributed by atoms with Crippen LogP contribution in [0, 0.1) is 0 Å². The van der Waals surface area contributed by atoms with Gasteiger partial charge in [0.25, 0.3) is 11.1 Å². The van der Waals surface area contributed by atoms with Crippen LogP contribution in [-0.4, -0.2) is 124 Å². The van der Waals surface area contributed by atoms with E-state index in [1.165, 1.54) is 12.4 Å². The Balaban J connectivity index is 1.06. The fraction of sp³-hybridized carbons (Fsp3) is 0.389. The molecular weight excluding hydrogens is 1420 g/mol. The van der Waals surface area contributed by atoms with E-state index in [1.54, 1.807) is 77.0 Å². The van der Waals surface area contributed by atoms with Crippen molar-refractivity contribution in [2.45, 2.75) is 138 Å². The van der Waals surface area contributed by atoms with Gasteiger partial charge in [0.15, 0.2) is 29.1 Å². The number of aromatic amines is 2. The standard InChI is InChI=1S/C72H88N4O20P2S2Si2/c1-69(2,3)101(11,12)95-63-61(57(91-65(63)75-43-41-59(77)73-67(75)79)45-89-71(47-21-17-15-18-22-47,49-25-33-53(85-7)34-26-49)50-27-35-54(86-8)36-28-50)93-97(81,82)99-100-98(83,84)94-62-58(92-66(76-44-42-60(78)74-68(76)80)64(62)96-102(13,14)70(4,5)6)46-90-72(48-23-19-16-20-24-48,51-29-37-55(87-9)38-30-51)52-31-39-56(88-10)40-32-52/h15-44,57-58,61-66H,45-46H2,1-14H3,(H,81,82)(H,83,84)(H,73,77,79)(H,74,78,80)/t57-,58-,61-,62-,63-,64-,65-,66-/m1/s1. The Hall–Kier alpha value is -6.93. The summed E-state index contributed by atoms with van der Waals surface area (Å²) < 4.78 is 111. The minimum Gasteiger partial charge on any atom is -0.497 e. The van der Waals surface area contributed by atoms with Crippen LogP contribution < -0.4 is 41.4 Å². The maximum absolute atomic E-state index is 15.4. The van der Waals surface area contributed by atoms with E-state index in [0.717, 1.165) is 21.3 Å². The first kappa shape index (κ1) is 77.7. The Kier molecular flexibility index (Phi) is 23.9. The summed E-state index contributed by atoms with van der Waals surface area (Å²) in [5, 5.41) is -1.08. The van der Waals surface area contributed by atoms with E-state index in [0.29, 0.717) is 56.4 Å². The molecule has 6 aromatic carbocycles. The molecular formula is C72H88N4O20P2S2Si2. The number of benzene rings is 6. The summed E-state index contributed by atoms with van der Waals surface area (Å²) in [6, 6.07) is 50.0. The van der Waals surface area contributed by atoms with Crippen molar-refractivity contribution in [3.8, 4) is 23.0 Å². The molecule has 546 valence electrons. The summed E-state index contributed by atoms with van der Waals surface area (Å²) >= 11 is 0. The molecule has 0 radical (unpaired) electrons. The number of H-pyrrole nitrogens is 2. The number of nitrogens with one attached hydrogen (secondary N) is 2. The molecule has 2 unspecified atom stereocenters. The zero-order chi connectivity index (χ0) is 73.8. The first-order chi connectivity index (χ1) is 48.2. The van der Waals surface area contributed by atoms with Crippen LogP contribution in [-0.2, 0) is 57.2 Å². The molecule has 2 fully saturated rings. The Morgan fingerprint density at radius 1 is 0.431 bits per heavy atom. The van der Waals surface area contributed by atoms with Crippen LogP contribution in [0.5, 0.6) is 23.0 Å². The number of hydrogen-bond acceptors (Lipinski definition) is 20. The van der Waals surface area contributed by atoms with Crippen molar-refractivity contribution in [2.75, 3.05) is 41.7 Å². The minimum absolute atomic E-state index is 0.0107. The van der Waals surface area contributed by atoms with E-state index in [-0.39, 0.29) is 20.8 Å². The highest BCUT2D eigenvalue weighted by molar-refractivity contribution is 9.12. The van der Waals surface area contributed by atoms with Crippen molar-refractivity contribution in [2.24, 2.45) is 0 Å². The van der Waals surface area contributed by atoms with Gasteiger partial charge in [0.05, 0.1) is 41.7 Å². The topological polar surface area (TPSA) is 295 Å². The molecule has 0 amide bonds. The molecule has 2 aromatic heterocycles. The fourth-order valence-electron chi connectivity index (χ4n) is 11.9. The lowest BCUT2D eigenvalue weighted by Crippen LogP contribution is -2.50. The fourth-order valence-corrected chi connectivity index (χ4v) is 23.9. The molecule has 10 atom stereocenters. The molecule has 2 aliphatic rings. The van der Waals surface area contributed by atoms with Gasteiger partial charge >= 0.3 is 25.0 Å². The summed E-state index contributed by atoms with van der Waals surface area (Å²) in [5.41, 5.74) is -2.40. The number of hydrogen-bond donors (Lipinski definition) is 4. The molecule has 4 heterocycles. The molecule has 0 aliphatic carbocycles. The second-order valence-electron chi connectivity index (χ2n) is 27.7. The van der Waals surface area contributed by atoms with Gasteiger partial charge in [0, 0.05) is 45.4 Å². The van der Waals surface area contributed by atoms with Gasteiger partial charge in [0.2, 0.25) is 0 Å². The average molecular weight is 1510 g/mol. The first-order valence-corrected chi connectivity index (χ1v) is 45.2. The summed E-state index contributed by atoms with van der Waals surface area (Å²) in [4.78, 5) is 83.1. The summed E-state index contributed by atoms with van der Waals surface area (Å²) in [6.45, 7) is 7.98. The molecule has 2 saturated heterocycles. The summed E-state index contributed by atoms with van der Waals surface area (Å²) in [7, 11) is 0.0829. The predicted molar refractivity (Wildman–Crippen MR) is 396 cm³/mol. The van der Waals surface area contributed by atoms with Gasteiger partial charge in [-0.25, -0.2) is 18.7 Å². The number of nitrogens with zero attached hydrogens (tertiary/aromatic N) is 2. The van der Waals surface area contributed by atoms with E-state index in [4.69, 9.17) is 55.8 Å². The zero-order valence-corrected chi connectivity index (χ0v) is 64.6. The highest BCUT2D eigenvalue weighted by Gasteiger charge is 2.58. The molecule has 24 nitrogen and oxygen atoms in total. The lowest BCUT2D eigenvalue weighted by Gasteiger charge is -2.41. The normalized spacial score (nSPS) is 21.1. The van der Waals surface area contributed by atoms with Crippen molar-refractivity contribution in [1.29, 1.82) is 0 Å². The van der Waals surface area contributed by atoms with Gasteiger partial charge in [0.1, 0.15) is 70.8 Å². The van der Waals surface area contributed by atoms with Crippen LogP contribution in [0.25, 0.3) is 0 Å². The molecule has 102 heavy (non-hydrogen) atoms. The molecule has 0 saturated carbocycles. The third kappa shape index (κ3) is 16.9. The highest BCUT2D eigenvalue weighted by atomic mass is 33.5. The number of ether oxygens (including phenoxy) is 8. The zero-order valence-electron chi connectivity index (χ0n) is 59.2. The van der Waals surface area contributed by atoms with Gasteiger partial charge < -0.3 is 56.5 Å². The molecule has 0 bridgehead atoms. The highest BCUT2D eigenvalue weighted by Crippen LogP contribution is 2.75. The van der Waals surface area contributed by atoms with Gasteiger partial charge in [-0.1, -0.05) is 151 Å². The van der Waals surface area contributed by atoms with Crippen LogP contribution in [0.3, 0.4) is 0 Å². The van der Waals surface area contributed by atoms with Gasteiger partial charge in [-0.2, -0.15) is 0 Å². The van der Waals surface area contributed by atoms with Crippen LogP contribution in [0.2, 0.25) is 36.3 Å². The molecule has 4 N–H and O–H groups in total. The molecule has 10 rings (SSSR count). The second kappa shape index (κ2) is 31.4. The van der Waals surface area contributed by atoms with Gasteiger partial charge in [-0.15, -0.1) is 0 Å². The first-order valence-electron chi connectivity index (χ1n) is 32.9. The van der Waals surface area contributed by atoms with E-state index in [1.807, 2.05) is 177 Å². The van der Waals surface area contributed by atoms with Crippen LogP contribution >= 0.6 is 34.4 Å². The lowest BCUT2D eigenvalue weighted by atomic mass is 9.80. The summed E-state index contributed by atoms with van der Waals surface area (Å²) in [5.74, 6) is 2.23. The molecule has 0 spiro atoms. The van der Waals surface area contributed by atoms with E-state index in [9.17, 15) is 29.0 Å². The molecule has 2 aliphatic heterocycles. The van der Waals surface area contributed by atoms with Crippen LogP contribution in [0.1, 0.15) is 87.4 Å². The van der Waals surface area contributed by atoms with Crippen molar-refractivity contribution in [1.82, 2.24) is 19.1 Å². The third-order valence-corrected chi connectivity index (χ3v) is 37.4. The van der Waals surface area contributed by atoms with E-state index >= 15 is 9.13 Å². The van der Waals surface area contributed by atoms with Gasteiger partial charge in [-0.3, -0.25) is 37.7 Å². The second-order valence-corrected chi connectivity index (χ2v) is 46.2. The number of methoxy groups -OCH3 is 4. The van der Waals surface area contributed by atoms with Crippen molar-refractivity contribution >= 4 is 51.1 Å². The van der Waals surface area contributed by atoms with E-state index in [2.05, 4.69) is 9.97 Å². The predicted octanol–water partition coefficient (Wildman–Crippen LogP) is 13.1. The number of rotatable bonds is 29. The third-order valence-electron chi connectivity index (χ3n) is 19.3. The van der Waals surface area contributed by atoms with Crippen molar-refractivity contribution < 1.29 is 74.7 Å². The molecule has 8 aromatic rings. The van der Waals surface area contributed by atoms with E-state index < -0.39 is 136 Å².